The van der Waals surface area contributed by atoms with Gasteiger partial charge in [0.25, 0.3) is 0 Å². The number of nitrogens with zero attached hydrogens (tertiary/aromatic N) is 1. The first-order valence-electron chi connectivity index (χ1n) is 4.42. The van der Waals surface area contributed by atoms with Gasteiger partial charge in [-0.25, -0.2) is 4.98 Å². The molecule has 0 radical (unpaired) electrons. The molecule has 0 bridgehead atoms. The van der Waals surface area contributed by atoms with Gasteiger partial charge >= 0.3 is 0 Å². The van der Waals surface area contributed by atoms with Gasteiger partial charge in [-0.2, -0.15) is 0 Å². The predicted molar refractivity (Wildman–Crippen MR) is 64.0 cm³/mol. The second-order valence-corrected chi connectivity index (χ2v) is 5.50. The summed E-state index contributed by atoms with van der Waals surface area (Å²) in [5.74, 6) is 2.21. The molecule has 0 spiro atoms. The number of anilines is 1. The topological polar surface area (TPSA) is 42.0 Å². The van der Waals surface area contributed by atoms with Crippen LogP contribution in [0.3, 0.4) is 0 Å². The fourth-order valence-electron chi connectivity index (χ4n) is 0.918. The van der Waals surface area contributed by atoms with Gasteiger partial charge < -0.3 is 5.32 Å². The summed E-state index contributed by atoms with van der Waals surface area (Å²) in [6.45, 7) is 2.63. The summed E-state index contributed by atoms with van der Waals surface area (Å²) in [6.07, 6.45) is 1.74. The maximum Gasteiger partial charge on any atom is 0.125 e. The first kappa shape index (κ1) is 11.7. The third kappa shape index (κ3) is 4.19. The Hall–Kier alpha value is -0.420. The molecule has 0 amide bonds. The Kier molecular flexibility index (Phi) is 5.11. The van der Waals surface area contributed by atoms with Gasteiger partial charge in [0.15, 0.2) is 0 Å². The number of rotatable bonds is 5. The van der Waals surface area contributed by atoms with Gasteiger partial charge in [0.05, 0.1) is 0 Å². The van der Waals surface area contributed by atoms with Crippen molar-refractivity contribution in [3.05, 3.63) is 22.8 Å². The van der Waals surface area contributed by atoms with Crippen LogP contribution < -0.4 is 5.32 Å². The van der Waals surface area contributed by atoms with Crippen LogP contribution in [0.1, 0.15) is 6.92 Å². The van der Waals surface area contributed by atoms with Crippen molar-refractivity contribution < 1.29 is 4.21 Å². The molecule has 0 fully saturated rings. The van der Waals surface area contributed by atoms with E-state index in [4.69, 9.17) is 0 Å². The maximum atomic E-state index is 11.1. The predicted octanol–water partition coefficient (Wildman–Crippen LogP) is 2.02. The largest absolute Gasteiger partial charge is 0.369 e. The van der Waals surface area contributed by atoms with Crippen LogP contribution in [0, 0.1) is 0 Å². The summed E-state index contributed by atoms with van der Waals surface area (Å²) in [4.78, 5) is 4.14. The molecule has 0 aliphatic carbocycles. The molecule has 1 N–H and O–H groups in total. The van der Waals surface area contributed by atoms with E-state index in [0.29, 0.717) is 12.3 Å². The van der Waals surface area contributed by atoms with Gasteiger partial charge in [0.2, 0.25) is 0 Å². The first-order valence-corrected chi connectivity index (χ1v) is 6.71. The third-order valence-electron chi connectivity index (χ3n) is 1.69. The molecule has 5 heteroatoms. The first-order chi connectivity index (χ1) is 6.72. The molecule has 0 aliphatic heterocycles. The number of nitrogens with one attached hydrogen (secondary N) is 1. The molecule has 1 unspecified atom stereocenters. The summed E-state index contributed by atoms with van der Waals surface area (Å²) in [5, 5.41) is 3.11. The highest BCUT2D eigenvalue weighted by atomic mass is 79.9. The highest BCUT2D eigenvalue weighted by Crippen LogP contribution is 2.09. The summed E-state index contributed by atoms with van der Waals surface area (Å²) in [5.41, 5.74) is 0. The van der Waals surface area contributed by atoms with Crippen LogP contribution in [0.25, 0.3) is 0 Å². The number of pyridine rings is 1. The van der Waals surface area contributed by atoms with Crippen LogP contribution in [0.5, 0.6) is 0 Å². The van der Waals surface area contributed by atoms with Gasteiger partial charge in [-0.3, -0.25) is 4.21 Å². The van der Waals surface area contributed by atoms with Gasteiger partial charge in [0, 0.05) is 39.5 Å². The van der Waals surface area contributed by atoms with Crippen LogP contribution >= 0.6 is 15.9 Å². The average Bonchev–Trinajstić information content (AvgIpc) is 2.21. The second kappa shape index (κ2) is 6.14. The standard InChI is InChI=1S/C9H13BrN2OS/c1-2-14(13)6-5-11-9-4-3-8(10)7-12-9/h3-4,7H,2,5-6H2,1H3,(H,11,12). The smallest absolute Gasteiger partial charge is 0.125 e. The van der Waals surface area contributed by atoms with Crippen molar-refractivity contribution >= 4 is 32.5 Å². The van der Waals surface area contributed by atoms with E-state index < -0.39 is 10.8 Å². The van der Waals surface area contributed by atoms with E-state index in [1.807, 2.05) is 19.1 Å². The molecule has 1 aromatic heterocycles. The summed E-state index contributed by atoms with van der Waals surface area (Å²) in [7, 11) is -0.705. The lowest BCUT2D eigenvalue weighted by Gasteiger charge is -2.04. The van der Waals surface area contributed by atoms with E-state index in [2.05, 4.69) is 26.2 Å². The van der Waals surface area contributed by atoms with Crippen molar-refractivity contribution in [3.63, 3.8) is 0 Å². The van der Waals surface area contributed by atoms with Gasteiger partial charge in [-0.05, 0) is 28.1 Å². The molecule has 3 nitrogen and oxygen atoms in total. The molecular weight excluding hydrogens is 264 g/mol. The van der Waals surface area contributed by atoms with E-state index in [0.717, 1.165) is 16.0 Å². The highest BCUT2D eigenvalue weighted by molar-refractivity contribution is 9.10. The summed E-state index contributed by atoms with van der Waals surface area (Å²) in [6, 6.07) is 3.81. The Labute approximate surface area is 94.9 Å². The van der Waals surface area contributed by atoms with Crippen molar-refractivity contribution in [2.75, 3.05) is 23.4 Å². The Bertz CT molecular complexity index is 302. The van der Waals surface area contributed by atoms with Crippen molar-refractivity contribution in [1.29, 1.82) is 0 Å². The monoisotopic (exact) mass is 276 g/mol. The van der Waals surface area contributed by atoms with E-state index in [9.17, 15) is 4.21 Å². The van der Waals surface area contributed by atoms with Crippen LogP contribution in [0.4, 0.5) is 5.82 Å². The summed E-state index contributed by atoms with van der Waals surface area (Å²) < 4.78 is 12.1. The molecule has 1 rings (SSSR count). The molecule has 14 heavy (non-hydrogen) atoms. The van der Waals surface area contributed by atoms with E-state index in [-0.39, 0.29) is 0 Å². The minimum atomic E-state index is -0.705. The van der Waals surface area contributed by atoms with Crippen LogP contribution in [0.15, 0.2) is 22.8 Å². The molecule has 78 valence electrons. The zero-order valence-corrected chi connectivity index (χ0v) is 10.4. The fourth-order valence-corrected chi connectivity index (χ4v) is 1.77. The minimum Gasteiger partial charge on any atom is -0.369 e. The Morgan fingerprint density at radius 1 is 1.57 bits per heavy atom. The van der Waals surface area contributed by atoms with Crippen molar-refractivity contribution in [2.24, 2.45) is 0 Å². The Balaban J connectivity index is 2.31. The molecule has 1 atom stereocenters. The molecule has 0 aliphatic rings. The Morgan fingerprint density at radius 2 is 2.36 bits per heavy atom. The lowest BCUT2D eigenvalue weighted by Crippen LogP contribution is -2.12. The molecule has 0 saturated carbocycles. The van der Waals surface area contributed by atoms with Gasteiger partial charge in [-0.15, -0.1) is 0 Å². The van der Waals surface area contributed by atoms with Crippen LogP contribution in [-0.4, -0.2) is 27.2 Å². The van der Waals surface area contributed by atoms with E-state index in [1.54, 1.807) is 6.20 Å². The number of aromatic nitrogens is 1. The van der Waals surface area contributed by atoms with Gasteiger partial charge in [0.1, 0.15) is 5.82 Å². The van der Waals surface area contributed by atoms with Gasteiger partial charge in [-0.1, -0.05) is 6.92 Å². The maximum absolute atomic E-state index is 11.1. The molecule has 1 aromatic rings. The lowest BCUT2D eigenvalue weighted by atomic mass is 10.4. The number of hydrogen-bond acceptors (Lipinski definition) is 3. The zero-order valence-electron chi connectivity index (χ0n) is 8.00. The zero-order chi connectivity index (χ0) is 10.4. The molecule has 0 saturated heterocycles. The van der Waals surface area contributed by atoms with Crippen LogP contribution in [0.2, 0.25) is 0 Å². The third-order valence-corrected chi connectivity index (χ3v) is 3.46. The highest BCUT2D eigenvalue weighted by Gasteiger charge is 1.96. The number of hydrogen-bond donors (Lipinski definition) is 1. The summed E-state index contributed by atoms with van der Waals surface area (Å²) >= 11 is 3.31. The van der Waals surface area contributed by atoms with Crippen molar-refractivity contribution in [2.45, 2.75) is 6.92 Å². The molecule has 1 heterocycles. The molecule has 0 aromatic carbocycles. The van der Waals surface area contributed by atoms with Crippen molar-refractivity contribution in [1.82, 2.24) is 4.98 Å². The molecular formula is C9H13BrN2OS. The van der Waals surface area contributed by atoms with E-state index >= 15 is 0 Å². The van der Waals surface area contributed by atoms with Crippen molar-refractivity contribution in [3.8, 4) is 0 Å². The minimum absolute atomic E-state index is 0.675. The second-order valence-electron chi connectivity index (χ2n) is 2.72. The average molecular weight is 277 g/mol. The lowest BCUT2D eigenvalue weighted by molar-refractivity contribution is 0.684. The van der Waals surface area contributed by atoms with E-state index in [1.165, 1.54) is 0 Å². The quantitative estimate of drug-likeness (QED) is 0.895. The van der Waals surface area contributed by atoms with Crippen LogP contribution in [-0.2, 0) is 10.8 Å². The SMILES string of the molecule is CCS(=O)CCNc1ccc(Br)cn1. The fraction of sp³-hybridized carbons (Fsp3) is 0.444. The normalized spacial score (nSPS) is 12.4. The Morgan fingerprint density at radius 3 is 2.93 bits per heavy atom. The number of halogens is 1.